The lowest BCUT2D eigenvalue weighted by molar-refractivity contribution is -0.121. The van der Waals surface area contributed by atoms with Crippen molar-refractivity contribution in [3.63, 3.8) is 0 Å². The molecule has 0 spiro atoms. The number of carbonyl (C=O) groups is 2. The fraction of sp³-hybridized carbons (Fsp3) is 0.429. The predicted octanol–water partition coefficient (Wildman–Crippen LogP) is 0.583. The third-order valence-electron chi connectivity index (χ3n) is 2.71. The van der Waals surface area contributed by atoms with Crippen LogP contribution in [0.15, 0.2) is 24.3 Å². The van der Waals surface area contributed by atoms with Crippen LogP contribution in [0.2, 0.25) is 5.02 Å². The van der Waals surface area contributed by atoms with Crippen molar-refractivity contribution in [2.45, 2.75) is 12.5 Å². The second-order valence-electron chi connectivity index (χ2n) is 4.43. The van der Waals surface area contributed by atoms with Crippen LogP contribution in [0.5, 0.6) is 0 Å². The number of amides is 2. The van der Waals surface area contributed by atoms with E-state index in [4.69, 9.17) is 21.4 Å². The number of carbonyl (C=O) groups excluding carboxylic acids is 2. The molecular weight excluding hydrogens is 296 g/mol. The summed E-state index contributed by atoms with van der Waals surface area (Å²) in [5.41, 5.74) is 0.388. The third kappa shape index (κ3) is 6.57. The maximum absolute atomic E-state index is 11.8. The van der Waals surface area contributed by atoms with Gasteiger partial charge in [0, 0.05) is 24.3 Å². The summed E-state index contributed by atoms with van der Waals surface area (Å²) in [7, 11) is 1.51. The number of aliphatic hydroxyl groups is 1. The minimum Gasteiger partial charge on any atom is -0.396 e. The number of methoxy groups -OCH3 is 1. The van der Waals surface area contributed by atoms with Gasteiger partial charge in [0.15, 0.2) is 0 Å². The summed E-state index contributed by atoms with van der Waals surface area (Å²) in [6.45, 7) is 0.0920. The molecule has 0 saturated heterocycles. The molecule has 7 heteroatoms. The maximum Gasteiger partial charge on any atom is 0.251 e. The number of rotatable bonds is 8. The van der Waals surface area contributed by atoms with Crippen LogP contribution in [-0.2, 0) is 9.53 Å². The molecule has 1 aromatic rings. The number of aliphatic hydroxyl groups excluding tert-OH is 1. The summed E-state index contributed by atoms with van der Waals surface area (Å²) >= 11 is 5.79. The van der Waals surface area contributed by atoms with Crippen LogP contribution in [0.25, 0.3) is 0 Å². The molecule has 3 N–H and O–H groups in total. The number of hydrogen-bond donors (Lipinski definition) is 3. The van der Waals surface area contributed by atoms with Crippen molar-refractivity contribution >= 4 is 23.4 Å². The molecule has 2 amide bonds. The van der Waals surface area contributed by atoms with Gasteiger partial charge in [-0.3, -0.25) is 9.59 Å². The summed E-state index contributed by atoms with van der Waals surface area (Å²) in [4.78, 5) is 23.5. The molecule has 0 bridgehead atoms. The molecule has 1 aromatic carbocycles. The van der Waals surface area contributed by atoms with Gasteiger partial charge in [0.05, 0.1) is 19.2 Å². The number of benzene rings is 1. The topological polar surface area (TPSA) is 87.7 Å². The van der Waals surface area contributed by atoms with Gasteiger partial charge in [-0.05, 0) is 24.6 Å². The maximum atomic E-state index is 11.8. The van der Waals surface area contributed by atoms with E-state index in [1.165, 1.54) is 13.2 Å². The highest BCUT2D eigenvalue weighted by atomic mass is 35.5. The monoisotopic (exact) mass is 314 g/mol. The normalized spacial score (nSPS) is 11.8. The lowest BCUT2D eigenvalue weighted by Gasteiger charge is -2.17. The van der Waals surface area contributed by atoms with Gasteiger partial charge >= 0.3 is 0 Å². The Bertz CT molecular complexity index is 476. The van der Waals surface area contributed by atoms with E-state index in [0.717, 1.165) is 0 Å². The van der Waals surface area contributed by atoms with E-state index in [1.54, 1.807) is 18.2 Å². The van der Waals surface area contributed by atoms with Gasteiger partial charge in [0.1, 0.15) is 0 Å². The molecule has 1 unspecified atom stereocenters. The summed E-state index contributed by atoms with van der Waals surface area (Å²) in [6.07, 6.45) is 0.391. The number of ether oxygens (including phenoxy) is 1. The molecule has 21 heavy (non-hydrogen) atoms. The van der Waals surface area contributed by atoms with E-state index in [-0.39, 0.29) is 31.0 Å². The molecule has 0 saturated carbocycles. The van der Waals surface area contributed by atoms with Crippen molar-refractivity contribution in [3.8, 4) is 0 Å². The van der Waals surface area contributed by atoms with E-state index in [0.29, 0.717) is 23.6 Å². The summed E-state index contributed by atoms with van der Waals surface area (Å²) < 4.78 is 4.94. The Morgan fingerprint density at radius 1 is 1.43 bits per heavy atom. The minimum absolute atomic E-state index is 0.0524. The Morgan fingerprint density at radius 3 is 2.81 bits per heavy atom. The van der Waals surface area contributed by atoms with Crippen molar-refractivity contribution < 1.29 is 19.4 Å². The third-order valence-corrected chi connectivity index (χ3v) is 2.94. The number of halogens is 1. The van der Waals surface area contributed by atoms with Crippen molar-refractivity contribution in [1.29, 1.82) is 0 Å². The van der Waals surface area contributed by atoms with Crippen LogP contribution >= 0.6 is 11.6 Å². The molecule has 0 heterocycles. The van der Waals surface area contributed by atoms with Gasteiger partial charge in [-0.25, -0.2) is 0 Å². The Balaban J connectivity index is 2.43. The van der Waals surface area contributed by atoms with E-state index >= 15 is 0 Å². The van der Waals surface area contributed by atoms with Gasteiger partial charge in [-0.1, -0.05) is 17.7 Å². The standard InChI is InChI=1S/C14H19ClN2O4/c1-21-9-12(5-6-18)17-13(19)8-16-14(20)10-3-2-4-11(15)7-10/h2-4,7,12,18H,5-6,8-9H2,1H3,(H,16,20)(H,17,19). The lowest BCUT2D eigenvalue weighted by atomic mass is 10.2. The van der Waals surface area contributed by atoms with E-state index in [1.807, 2.05) is 0 Å². The first kappa shape index (κ1) is 17.4. The first-order valence-electron chi connectivity index (χ1n) is 6.49. The zero-order chi connectivity index (χ0) is 15.7. The van der Waals surface area contributed by atoms with Crippen LogP contribution in [0.3, 0.4) is 0 Å². The average molecular weight is 315 g/mol. The quantitative estimate of drug-likeness (QED) is 0.655. The Kier molecular flexibility index (Phi) is 7.74. The molecule has 1 rings (SSSR count). The zero-order valence-electron chi connectivity index (χ0n) is 11.8. The molecule has 116 valence electrons. The Hall–Kier alpha value is -1.63. The lowest BCUT2D eigenvalue weighted by Crippen LogP contribution is -2.44. The van der Waals surface area contributed by atoms with Crippen LogP contribution in [0, 0.1) is 0 Å². The second-order valence-corrected chi connectivity index (χ2v) is 4.86. The summed E-state index contributed by atoms with van der Waals surface area (Å²) in [5.74, 6) is -0.723. The second kappa shape index (κ2) is 9.33. The molecule has 0 aromatic heterocycles. The largest absolute Gasteiger partial charge is 0.396 e. The van der Waals surface area contributed by atoms with Gasteiger partial charge in [0.25, 0.3) is 5.91 Å². The number of hydrogen-bond acceptors (Lipinski definition) is 4. The molecule has 0 aliphatic rings. The SMILES string of the molecule is COCC(CCO)NC(=O)CNC(=O)c1cccc(Cl)c1. The van der Waals surface area contributed by atoms with Crippen molar-refractivity contribution in [3.05, 3.63) is 34.9 Å². The molecular formula is C14H19ClN2O4. The first-order chi connectivity index (χ1) is 10.1. The van der Waals surface area contributed by atoms with E-state index in [9.17, 15) is 9.59 Å². The van der Waals surface area contributed by atoms with Gasteiger partial charge in [0.2, 0.25) is 5.91 Å². The smallest absolute Gasteiger partial charge is 0.251 e. The Morgan fingerprint density at radius 2 is 2.19 bits per heavy atom. The molecule has 1 atom stereocenters. The van der Waals surface area contributed by atoms with Gasteiger partial charge < -0.3 is 20.5 Å². The first-order valence-corrected chi connectivity index (χ1v) is 6.87. The minimum atomic E-state index is -0.377. The number of nitrogens with one attached hydrogen (secondary N) is 2. The van der Waals surface area contributed by atoms with Crippen LogP contribution in [0.1, 0.15) is 16.8 Å². The highest BCUT2D eigenvalue weighted by molar-refractivity contribution is 6.30. The predicted molar refractivity (Wildman–Crippen MR) is 79.3 cm³/mol. The van der Waals surface area contributed by atoms with Crippen molar-refractivity contribution in [2.24, 2.45) is 0 Å². The average Bonchev–Trinajstić information content (AvgIpc) is 2.45. The fourth-order valence-electron chi connectivity index (χ4n) is 1.73. The fourth-order valence-corrected chi connectivity index (χ4v) is 1.92. The molecule has 0 radical (unpaired) electrons. The molecule has 0 fully saturated rings. The summed E-state index contributed by atoms with van der Waals surface area (Å²) in [5, 5.41) is 14.5. The van der Waals surface area contributed by atoms with E-state index in [2.05, 4.69) is 10.6 Å². The Labute approximate surface area is 128 Å². The molecule has 0 aliphatic heterocycles. The van der Waals surface area contributed by atoms with E-state index < -0.39 is 0 Å². The summed E-state index contributed by atoms with van der Waals surface area (Å²) in [6, 6.07) is 6.17. The molecule has 0 aliphatic carbocycles. The van der Waals surface area contributed by atoms with Gasteiger partial charge in [-0.15, -0.1) is 0 Å². The molecule has 6 nitrogen and oxygen atoms in total. The van der Waals surface area contributed by atoms with Crippen molar-refractivity contribution in [1.82, 2.24) is 10.6 Å². The van der Waals surface area contributed by atoms with Crippen molar-refractivity contribution in [2.75, 3.05) is 26.9 Å². The highest BCUT2D eigenvalue weighted by Gasteiger charge is 2.13. The van der Waals surface area contributed by atoms with Crippen LogP contribution in [-0.4, -0.2) is 49.8 Å². The zero-order valence-corrected chi connectivity index (χ0v) is 12.5. The highest BCUT2D eigenvalue weighted by Crippen LogP contribution is 2.10. The van der Waals surface area contributed by atoms with Crippen LogP contribution < -0.4 is 10.6 Å². The van der Waals surface area contributed by atoms with Gasteiger partial charge in [-0.2, -0.15) is 0 Å². The van der Waals surface area contributed by atoms with Crippen LogP contribution in [0.4, 0.5) is 0 Å².